The number of benzene rings is 2. The predicted octanol–water partition coefficient (Wildman–Crippen LogP) is 7.83. The molecule has 1 fully saturated rings. The molecular weight excluding hydrogens is 628 g/mol. The molecule has 1 aliphatic heterocycles. The van der Waals surface area contributed by atoms with E-state index in [1.807, 2.05) is 0 Å². The third-order valence-electron chi connectivity index (χ3n) is 5.88. The molecule has 15 heteroatoms. The number of carbonyl (C=O) groups excluding carboxylic acids is 1. The van der Waals surface area contributed by atoms with E-state index in [1.165, 1.54) is 47.7 Å². The van der Waals surface area contributed by atoms with E-state index in [0.29, 0.717) is 29.2 Å². The molecule has 1 aliphatic rings. The molecule has 1 aromatic heterocycles. The summed E-state index contributed by atoms with van der Waals surface area (Å²) in [5.74, 6) is -0.961. The van der Waals surface area contributed by atoms with E-state index in [-0.39, 0.29) is 50.9 Å². The van der Waals surface area contributed by atoms with Crippen LogP contribution in [0.4, 0.5) is 26.3 Å². The topological polar surface area (TPSA) is 76.1 Å². The number of thiophene rings is 1. The van der Waals surface area contributed by atoms with Crippen LogP contribution in [-0.2, 0) is 17.1 Å². The van der Waals surface area contributed by atoms with Crippen molar-refractivity contribution in [1.82, 2.24) is 4.90 Å². The van der Waals surface area contributed by atoms with Gasteiger partial charge in [0.25, 0.3) is 5.91 Å². The number of thioether (sulfide) groups is 1. The second kappa shape index (κ2) is 12.4. The van der Waals surface area contributed by atoms with Crippen LogP contribution in [0.25, 0.3) is 17.2 Å². The number of methoxy groups -OCH3 is 1. The molecule has 2 heterocycles. The summed E-state index contributed by atoms with van der Waals surface area (Å²) in [6.07, 6.45) is -8.09. The zero-order valence-corrected chi connectivity index (χ0v) is 23.8. The molecule has 1 N–H and O–H groups in total. The molecule has 222 valence electrons. The number of nitrogens with zero attached hydrogens (tertiary/aromatic N) is 1. The van der Waals surface area contributed by atoms with E-state index < -0.39 is 35.4 Å². The fourth-order valence-corrected chi connectivity index (χ4v) is 6.07. The van der Waals surface area contributed by atoms with Gasteiger partial charge in [0.15, 0.2) is 11.5 Å². The summed E-state index contributed by atoms with van der Waals surface area (Å²) in [5.41, 5.74) is -2.92. The van der Waals surface area contributed by atoms with Crippen molar-refractivity contribution in [3.63, 3.8) is 0 Å². The molecule has 4 rings (SSSR count). The minimum Gasteiger partial charge on any atom is -0.493 e. The van der Waals surface area contributed by atoms with Gasteiger partial charge in [-0.2, -0.15) is 26.3 Å². The largest absolute Gasteiger partial charge is 0.493 e. The third-order valence-corrected chi connectivity index (χ3v) is 8.14. The number of carboxylic acids is 1. The van der Waals surface area contributed by atoms with Gasteiger partial charge in [-0.25, -0.2) is 4.79 Å². The van der Waals surface area contributed by atoms with Crippen molar-refractivity contribution in [3.05, 3.63) is 74.3 Å². The first-order chi connectivity index (χ1) is 19.7. The number of ether oxygens (including phenoxy) is 2. The Morgan fingerprint density at radius 3 is 2.26 bits per heavy atom. The minimum absolute atomic E-state index is 0.0299. The Bertz CT molecular complexity index is 1530. The average molecular weight is 648 g/mol. The molecule has 6 nitrogen and oxygen atoms in total. The second-order valence-electron chi connectivity index (χ2n) is 8.74. The van der Waals surface area contributed by atoms with E-state index in [9.17, 15) is 35.9 Å². The van der Waals surface area contributed by atoms with Gasteiger partial charge in [0, 0.05) is 11.4 Å². The van der Waals surface area contributed by atoms with Crippen LogP contribution in [0.5, 0.6) is 11.5 Å². The molecule has 1 saturated heterocycles. The number of halogens is 6. The van der Waals surface area contributed by atoms with Crippen molar-refractivity contribution in [2.24, 2.45) is 0 Å². The van der Waals surface area contributed by atoms with E-state index in [0.717, 1.165) is 23.1 Å². The number of amides is 1. The Morgan fingerprint density at radius 2 is 1.67 bits per heavy atom. The number of rotatable bonds is 9. The highest BCUT2D eigenvalue weighted by atomic mass is 32.2. The smallest absolute Gasteiger partial charge is 0.416 e. The molecule has 42 heavy (non-hydrogen) atoms. The van der Waals surface area contributed by atoms with Crippen LogP contribution in [0.1, 0.15) is 32.8 Å². The maximum atomic E-state index is 13.3. The number of carboxylic acid groups (broad SMARTS) is 1. The van der Waals surface area contributed by atoms with Gasteiger partial charge in [-0.3, -0.25) is 9.69 Å². The molecule has 0 bridgehead atoms. The second-order valence-corrected chi connectivity index (χ2v) is 11.4. The van der Waals surface area contributed by atoms with Crippen molar-refractivity contribution in [2.45, 2.75) is 18.8 Å². The number of thiocarbonyl (C=S) groups is 1. The zero-order chi connectivity index (χ0) is 30.8. The lowest BCUT2D eigenvalue weighted by atomic mass is 10.0. The van der Waals surface area contributed by atoms with Crippen LogP contribution in [0.15, 0.2) is 52.7 Å². The van der Waals surface area contributed by atoms with Gasteiger partial charge in [0.1, 0.15) is 4.32 Å². The van der Waals surface area contributed by atoms with Gasteiger partial charge in [-0.15, -0.1) is 11.3 Å². The molecule has 0 spiro atoms. The average Bonchev–Trinajstić information content (AvgIpc) is 3.49. The normalized spacial score (nSPS) is 15.0. The Labute approximate surface area is 248 Å². The van der Waals surface area contributed by atoms with Crippen LogP contribution < -0.4 is 9.47 Å². The summed E-state index contributed by atoms with van der Waals surface area (Å²) in [7, 11) is 1.37. The minimum atomic E-state index is -4.97. The van der Waals surface area contributed by atoms with Crippen LogP contribution in [0.3, 0.4) is 0 Å². The Morgan fingerprint density at radius 1 is 1.00 bits per heavy atom. The van der Waals surface area contributed by atoms with Gasteiger partial charge in [0.2, 0.25) is 0 Å². The summed E-state index contributed by atoms with van der Waals surface area (Å²) < 4.78 is 90.6. The summed E-state index contributed by atoms with van der Waals surface area (Å²) in [6.45, 7) is 0.363. The molecule has 0 atom stereocenters. The molecular formula is C27H19F6NO5S3. The lowest BCUT2D eigenvalue weighted by molar-refractivity contribution is -0.143. The Balaban J connectivity index is 1.43. The van der Waals surface area contributed by atoms with Gasteiger partial charge < -0.3 is 14.6 Å². The predicted molar refractivity (Wildman–Crippen MR) is 150 cm³/mol. The standard InChI is InChI=1S/C27H19F6NO5S3/c1-38-21-10-14(24(36)37)3-4-20(21)39-6-2-5-34-23(35)22(42-25(34)40)12-19-9-16(13-41-19)15-7-17(26(28,29)30)11-18(8-15)27(31,32)33/h3-4,7-13H,2,5-6H2,1H3,(H,36,37). The highest BCUT2D eigenvalue weighted by molar-refractivity contribution is 8.26. The van der Waals surface area contributed by atoms with E-state index >= 15 is 0 Å². The molecule has 0 aliphatic carbocycles. The maximum Gasteiger partial charge on any atom is 0.416 e. The van der Waals surface area contributed by atoms with Crippen LogP contribution in [-0.4, -0.2) is 46.5 Å². The number of carbonyl (C=O) groups is 2. The van der Waals surface area contributed by atoms with Crippen LogP contribution in [0.2, 0.25) is 0 Å². The SMILES string of the molecule is COc1cc(C(=O)O)ccc1OCCCN1C(=O)C(=Cc2cc(-c3cc(C(F)(F)F)cc(C(F)(F)F)c3)cs2)SC1=S. The maximum absolute atomic E-state index is 13.3. The fourth-order valence-electron chi connectivity index (χ4n) is 3.85. The Kier molecular flexibility index (Phi) is 9.23. The van der Waals surface area contributed by atoms with E-state index in [1.54, 1.807) is 0 Å². The highest BCUT2D eigenvalue weighted by Gasteiger charge is 2.37. The lowest BCUT2D eigenvalue weighted by Gasteiger charge is -2.15. The molecule has 0 radical (unpaired) electrons. The number of aromatic carboxylic acids is 1. The van der Waals surface area contributed by atoms with E-state index in [4.69, 9.17) is 26.8 Å². The monoisotopic (exact) mass is 647 g/mol. The first kappa shape index (κ1) is 31.4. The van der Waals surface area contributed by atoms with Crippen molar-refractivity contribution < 1.29 is 50.5 Å². The Hall–Kier alpha value is -3.56. The molecule has 0 unspecified atom stereocenters. The van der Waals surface area contributed by atoms with E-state index in [2.05, 4.69) is 0 Å². The van der Waals surface area contributed by atoms with Gasteiger partial charge >= 0.3 is 18.3 Å². The quantitative estimate of drug-likeness (QED) is 0.110. The van der Waals surface area contributed by atoms with Crippen LogP contribution >= 0.6 is 35.3 Å². The molecule has 3 aromatic rings. The third kappa shape index (κ3) is 7.25. The highest BCUT2D eigenvalue weighted by Crippen LogP contribution is 2.40. The van der Waals surface area contributed by atoms with Crippen LogP contribution in [0, 0.1) is 0 Å². The lowest BCUT2D eigenvalue weighted by Crippen LogP contribution is -2.29. The van der Waals surface area contributed by atoms with Crippen molar-refractivity contribution in [1.29, 1.82) is 0 Å². The van der Waals surface area contributed by atoms with Crippen molar-refractivity contribution in [3.8, 4) is 22.6 Å². The number of hydrogen-bond donors (Lipinski definition) is 1. The van der Waals surface area contributed by atoms with Gasteiger partial charge in [0.05, 0.1) is 35.3 Å². The van der Waals surface area contributed by atoms with Crippen molar-refractivity contribution >= 4 is 57.6 Å². The summed E-state index contributed by atoms with van der Waals surface area (Å²) in [5, 5.41) is 10.5. The number of hydrogen-bond acceptors (Lipinski definition) is 7. The fraction of sp³-hybridized carbons (Fsp3) is 0.222. The molecule has 0 saturated carbocycles. The molecule has 2 aromatic carbocycles. The molecule has 1 amide bonds. The zero-order valence-electron chi connectivity index (χ0n) is 21.3. The number of alkyl halides is 6. The summed E-state index contributed by atoms with van der Waals surface area (Å²) in [4.78, 5) is 26.1. The van der Waals surface area contributed by atoms with Gasteiger partial charge in [-0.1, -0.05) is 24.0 Å². The first-order valence-electron chi connectivity index (χ1n) is 11.9. The first-order valence-corrected chi connectivity index (χ1v) is 14.0. The van der Waals surface area contributed by atoms with Gasteiger partial charge in [-0.05, 0) is 71.5 Å². The summed E-state index contributed by atoms with van der Waals surface area (Å²) in [6, 6.07) is 6.93. The van der Waals surface area contributed by atoms with Crippen molar-refractivity contribution in [2.75, 3.05) is 20.3 Å². The summed E-state index contributed by atoms with van der Waals surface area (Å²) >= 11 is 7.39.